The van der Waals surface area contributed by atoms with Gasteiger partial charge in [-0.3, -0.25) is 9.59 Å². The van der Waals surface area contributed by atoms with Gasteiger partial charge in [0.05, 0.1) is 5.41 Å². The van der Waals surface area contributed by atoms with Gasteiger partial charge in [-0.05, 0) is 60.9 Å². The van der Waals surface area contributed by atoms with Crippen molar-refractivity contribution in [2.45, 2.75) is 37.5 Å². The molecule has 0 bridgehead atoms. The number of carbonyl (C=O) groups excluding carboxylic acids is 1. The third kappa shape index (κ3) is 2.79. The van der Waals surface area contributed by atoms with E-state index in [0.717, 1.165) is 30.4 Å². The molecule has 1 fully saturated rings. The van der Waals surface area contributed by atoms with Crippen molar-refractivity contribution in [1.29, 1.82) is 0 Å². The Morgan fingerprint density at radius 2 is 1.62 bits per heavy atom. The minimum Gasteiger partial charge on any atom is -0.481 e. The van der Waals surface area contributed by atoms with Crippen LogP contribution in [0.2, 0.25) is 0 Å². The second-order valence-corrected chi connectivity index (χ2v) is 7.38. The average Bonchev–Trinajstić information content (AvgIpc) is 3.16. The molecule has 2 aromatic carbocycles. The van der Waals surface area contributed by atoms with Crippen LogP contribution >= 0.6 is 0 Å². The van der Waals surface area contributed by atoms with E-state index < -0.39 is 11.4 Å². The molecule has 134 valence electrons. The lowest BCUT2D eigenvalue weighted by atomic mass is 9.72. The molecule has 1 heterocycles. The molecule has 4 heteroatoms. The number of piperidine rings is 1. The molecule has 0 atom stereocenters. The quantitative estimate of drug-likeness (QED) is 0.923. The number of carboxylic acid groups (broad SMARTS) is 1. The first-order valence-electron chi connectivity index (χ1n) is 9.30. The van der Waals surface area contributed by atoms with Gasteiger partial charge < -0.3 is 10.0 Å². The summed E-state index contributed by atoms with van der Waals surface area (Å²) < 4.78 is 0. The van der Waals surface area contributed by atoms with Gasteiger partial charge in [-0.15, -0.1) is 0 Å². The van der Waals surface area contributed by atoms with Gasteiger partial charge in [-0.2, -0.15) is 0 Å². The fraction of sp³-hybridized carbons (Fsp3) is 0.364. The Bertz CT molecular complexity index is 836. The molecule has 0 spiro atoms. The van der Waals surface area contributed by atoms with Gasteiger partial charge in [0.25, 0.3) is 5.91 Å². The first-order valence-corrected chi connectivity index (χ1v) is 9.30. The Balaban J connectivity index is 1.52. The maximum atomic E-state index is 12.9. The number of carboxylic acids is 1. The van der Waals surface area contributed by atoms with Gasteiger partial charge in [-0.1, -0.05) is 36.4 Å². The molecule has 1 aliphatic carbocycles. The van der Waals surface area contributed by atoms with E-state index in [-0.39, 0.29) is 5.91 Å². The van der Waals surface area contributed by atoms with Crippen LogP contribution in [0.25, 0.3) is 0 Å². The minimum atomic E-state index is -0.893. The molecule has 1 aliphatic heterocycles. The third-order valence-corrected chi connectivity index (χ3v) is 5.99. The van der Waals surface area contributed by atoms with Crippen molar-refractivity contribution in [2.75, 3.05) is 13.1 Å². The summed E-state index contributed by atoms with van der Waals surface area (Å²) in [6, 6.07) is 15.4. The number of nitrogens with zero attached hydrogens (tertiary/aromatic N) is 1. The van der Waals surface area contributed by atoms with E-state index in [4.69, 9.17) is 0 Å². The lowest BCUT2D eigenvalue weighted by Crippen LogP contribution is -2.49. The third-order valence-electron chi connectivity index (χ3n) is 5.99. The largest absolute Gasteiger partial charge is 0.481 e. The highest BCUT2D eigenvalue weighted by Gasteiger charge is 2.43. The van der Waals surface area contributed by atoms with E-state index in [1.807, 2.05) is 42.5 Å². The van der Waals surface area contributed by atoms with E-state index in [2.05, 4.69) is 6.07 Å². The van der Waals surface area contributed by atoms with Crippen LogP contribution in [0.3, 0.4) is 0 Å². The minimum absolute atomic E-state index is 0.0201. The molecule has 2 aromatic rings. The normalized spacial score (nSPS) is 18.4. The summed E-state index contributed by atoms with van der Waals surface area (Å²) in [7, 11) is 0. The van der Waals surface area contributed by atoms with Crippen molar-refractivity contribution in [3.8, 4) is 0 Å². The Labute approximate surface area is 153 Å². The van der Waals surface area contributed by atoms with E-state index in [9.17, 15) is 14.7 Å². The highest BCUT2D eigenvalue weighted by atomic mass is 16.4. The molecule has 0 aromatic heterocycles. The zero-order chi connectivity index (χ0) is 18.1. The maximum absolute atomic E-state index is 12.9. The van der Waals surface area contributed by atoms with E-state index in [1.54, 1.807) is 4.90 Å². The van der Waals surface area contributed by atoms with Gasteiger partial charge in [0.2, 0.25) is 0 Å². The van der Waals surface area contributed by atoms with E-state index >= 15 is 0 Å². The molecular weight excluding hydrogens is 326 g/mol. The Hall–Kier alpha value is -2.62. The smallest absolute Gasteiger partial charge is 0.314 e. The number of amides is 1. The SMILES string of the molecule is O=C(c1ccc2c(c1)CCC2)N1CCC(C(=O)O)(c2ccccc2)CC1. The molecular formula is C22H23NO3. The van der Waals surface area contributed by atoms with Crippen LogP contribution in [0, 0.1) is 0 Å². The van der Waals surface area contributed by atoms with Crippen LogP contribution in [0.5, 0.6) is 0 Å². The van der Waals surface area contributed by atoms with Gasteiger partial charge in [0, 0.05) is 18.7 Å². The maximum Gasteiger partial charge on any atom is 0.314 e. The second kappa shape index (κ2) is 6.60. The monoisotopic (exact) mass is 349 g/mol. The van der Waals surface area contributed by atoms with Crippen LogP contribution in [-0.4, -0.2) is 35.0 Å². The van der Waals surface area contributed by atoms with Crippen LogP contribution in [-0.2, 0) is 23.1 Å². The lowest BCUT2D eigenvalue weighted by molar-refractivity contribution is -0.145. The molecule has 26 heavy (non-hydrogen) atoms. The predicted octanol–water partition coefficient (Wildman–Crippen LogP) is 3.43. The number of benzene rings is 2. The Kier molecular flexibility index (Phi) is 4.27. The topological polar surface area (TPSA) is 57.6 Å². The summed E-state index contributed by atoms with van der Waals surface area (Å²) in [6.45, 7) is 0.939. The first-order chi connectivity index (χ1) is 12.6. The van der Waals surface area contributed by atoms with Gasteiger partial charge in [-0.25, -0.2) is 0 Å². The van der Waals surface area contributed by atoms with Crippen molar-refractivity contribution >= 4 is 11.9 Å². The standard InChI is InChI=1S/C22H23NO3/c24-20(18-10-9-16-5-4-6-17(16)15-18)23-13-11-22(12-14-23,21(25)26)19-7-2-1-3-8-19/h1-3,7-10,15H,4-6,11-14H2,(H,25,26). The number of hydrogen-bond acceptors (Lipinski definition) is 2. The number of aryl methyl sites for hydroxylation is 2. The van der Waals surface area contributed by atoms with E-state index in [0.29, 0.717) is 25.9 Å². The number of fused-ring (bicyclic) bond motifs is 1. The summed E-state index contributed by atoms with van der Waals surface area (Å²) in [4.78, 5) is 26.7. The first kappa shape index (κ1) is 16.8. The van der Waals surface area contributed by atoms with Crippen LogP contribution in [0.1, 0.15) is 46.3 Å². The Morgan fingerprint density at radius 3 is 2.31 bits per heavy atom. The fourth-order valence-corrected chi connectivity index (χ4v) is 4.36. The van der Waals surface area contributed by atoms with Crippen molar-refractivity contribution < 1.29 is 14.7 Å². The zero-order valence-corrected chi connectivity index (χ0v) is 14.8. The molecule has 0 saturated carbocycles. The highest BCUT2D eigenvalue weighted by molar-refractivity contribution is 5.95. The van der Waals surface area contributed by atoms with Gasteiger partial charge >= 0.3 is 5.97 Å². The molecule has 1 saturated heterocycles. The van der Waals surface area contributed by atoms with Gasteiger partial charge in [0.1, 0.15) is 0 Å². The summed E-state index contributed by atoms with van der Waals surface area (Å²) in [5.41, 5.74) is 3.31. The number of carbonyl (C=O) groups is 2. The average molecular weight is 349 g/mol. The summed E-state index contributed by atoms with van der Waals surface area (Å²) in [5.74, 6) is -0.778. The van der Waals surface area contributed by atoms with Crippen molar-refractivity contribution in [2.24, 2.45) is 0 Å². The molecule has 4 nitrogen and oxygen atoms in total. The molecule has 0 radical (unpaired) electrons. The summed E-state index contributed by atoms with van der Waals surface area (Å²) in [6.07, 6.45) is 4.21. The molecule has 4 rings (SSSR count). The highest BCUT2D eigenvalue weighted by Crippen LogP contribution is 2.36. The van der Waals surface area contributed by atoms with Crippen molar-refractivity contribution in [3.05, 3.63) is 70.8 Å². The summed E-state index contributed by atoms with van der Waals surface area (Å²) in [5, 5.41) is 9.89. The van der Waals surface area contributed by atoms with E-state index in [1.165, 1.54) is 11.1 Å². The van der Waals surface area contributed by atoms with Crippen LogP contribution in [0.4, 0.5) is 0 Å². The molecule has 2 aliphatic rings. The molecule has 0 unspecified atom stereocenters. The predicted molar refractivity (Wildman–Crippen MR) is 99.4 cm³/mol. The van der Waals surface area contributed by atoms with Crippen LogP contribution < -0.4 is 0 Å². The summed E-state index contributed by atoms with van der Waals surface area (Å²) >= 11 is 0. The lowest BCUT2D eigenvalue weighted by Gasteiger charge is -2.39. The fourth-order valence-electron chi connectivity index (χ4n) is 4.36. The number of hydrogen-bond donors (Lipinski definition) is 1. The number of aliphatic carboxylic acids is 1. The van der Waals surface area contributed by atoms with Crippen LogP contribution in [0.15, 0.2) is 48.5 Å². The second-order valence-electron chi connectivity index (χ2n) is 7.38. The molecule has 1 N–H and O–H groups in total. The molecule has 1 amide bonds. The zero-order valence-electron chi connectivity index (χ0n) is 14.8. The number of likely N-dealkylation sites (tertiary alicyclic amines) is 1. The number of rotatable bonds is 3. The Morgan fingerprint density at radius 1 is 0.923 bits per heavy atom. The van der Waals surface area contributed by atoms with Crippen molar-refractivity contribution in [1.82, 2.24) is 4.90 Å². The van der Waals surface area contributed by atoms with Gasteiger partial charge in [0.15, 0.2) is 0 Å². The van der Waals surface area contributed by atoms with Crippen molar-refractivity contribution in [3.63, 3.8) is 0 Å².